The Bertz CT molecular complexity index is 1300. The summed E-state index contributed by atoms with van der Waals surface area (Å²) in [5, 5.41) is 6.54. The Balaban J connectivity index is 1.35. The van der Waals surface area contributed by atoms with E-state index < -0.39 is 9.84 Å². The largest absolute Gasteiger partial charge is 0.322 e. The third kappa shape index (κ3) is 5.32. The van der Waals surface area contributed by atoms with Crippen molar-refractivity contribution in [3.05, 3.63) is 59.0 Å². The number of carbonyl (C=O) groups is 1. The average Bonchev–Trinajstić information content (AvgIpc) is 3.15. The number of sulfone groups is 1. The number of fused-ring (bicyclic) bond motifs is 2. The summed E-state index contributed by atoms with van der Waals surface area (Å²) >= 11 is 1.78. The van der Waals surface area contributed by atoms with Crippen LogP contribution in [0.2, 0.25) is 0 Å². The zero-order valence-electron chi connectivity index (χ0n) is 20.3. The molecule has 2 aliphatic heterocycles. The second-order valence-electron chi connectivity index (χ2n) is 9.95. The molecule has 2 aromatic carbocycles. The topological polar surface area (TPSA) is 66.5 Å². The lowest BCUT2D eigenvalue weighted by Crippen LogP contribution is -2.38. The van der Waals surface area contributed by atoms with Gasteiger partial charge in [0, 0.05) is 22.0 Å². The molecule has 2 unspecified atom stereocenters. The van der Waals surface area contributed by atoms with Crippen LogP contribution in [0.3, 0.4) is 0 Å². The van der Waals surface area contributed by atoms with Gasteiger partial charge in [-0.15, -0.1) is 11.3 Å². The van der Waals surface area contributed by atoms with E-state index >= 15 is 0 Å². The standard InChI is InChI=1S/C28H34N2O3S2/c1-2-16-35(32,33)24-8-5-6-21(17-24)28(31)29-22-10-12-27-25(18-22)26(19-34-27)20-9-11-23-7-3-4-14-30(23)15-13-20/h5-6,8,10,12,17-20,23H,2-4,7,9,11,13-16H2,1H3,(H,29,31). The summed E-state index contributed by atoms with van der Waals surface area (Å²) < 4.78 is 26.1. The van der Waals surface area contributed by atoms with E-state index in [-0.39, 0.29) is 16.6 Å². The molecule has 0 spiro atoms. The number of anilines is 1. The van der Waals surface area contributed by atoms with E-state index in [0.29, 0.717) is 17.9 Å². The van der Waals surface area contributed by atoms with Gasteiger partial charge in [-0.1, -0.05) is 19.4 Å². The SMILES string of the molecule is CCCS(=O)(=O)c1cccc(C(=O)Nc2ccc3scc(C4CCC5CCCCN5CC4)c3c2)c1. The number of amides is 1. The van der Waals surface area contributed by atoms with Gasteiger partial charge in [0.1, 0.15) is 0 Å². The number of nitrogens with zero attached hydrogens (tertiary/aromatic N) is 1. The number of thiophene rings is 1. The Labute approximate surface area is 212 Å². The molecular weight excluding hydrogens is 476 g/mol. The maximum atomic E-state index is 13.0. The monoisotopic (exact) mass is 510 g/mol. The van der Waals surface area contributed by atoms with Crippen molar-refractivity contribution in [2.75, 3.05) is 24.2 Å². The normalized spacial score (nSPS) is 21.4. The predicted octanol–water partition coefficient (Wildman–Crippen LogP) is 6.46. The lowest BCUT2D eigenvalue weighted by atomic mass is 9.90. The number of piperidine rings is 1. The molecule has 3 aromatic rings. The van der Waals surface area contributed by atoms with Gasteiger partial charge in [-0.25, -0.2) is 8.42 Å². The summed E-state index contributed by atoms with van der Waals surface area (Å²) in [6.07, 6.45) is 8.27. The molecule has 2 atom stereocenters. The van der Waals surface area contributed by atoms with E-state index in [1.807, 2.05) is 13.0 Å². The average molecular weight is 511 g/mol. The molecule has 1 amide bonds. The highest BCUT2D eigenvalue weighted by molar-refractivity contribution is 7.91. The zero-order valence-corrected chi connectivity index (χ0v) is 22.0. The van der Waals surface area contributed by atoms with Crippen LogP contribution in [0.1, 0.15) is 73.7 Å². The molecule has 0 bridgehead atoms. The molecule has 35 heavy (non-hydrogen) atoms. The number of hydrogen-bond donors (Lipinski definition) is 1. The highest BCUT2D eigenvalue weighted by Crippen LogP contribution is 2.40. The van der Waals surface area contributed by atoms with Crippen LogP contribution < -0.4 is 5.32 Å². The van der Waals surface area contributed by atoms with Gasteiger partial charge < -0.3 is 10.2 Å². The minimum absolute atomic E-state index is 0.0787. The molecule has 3 heterocycles. The lowest BCUT2D eigenvalue weighted by Gasteiger charge is -2.33. The molecular formula is C28H34N2O3S2. The van der Waals surface area contributed by atoms with Gasteiger partial charge in [0.15, 0.2) is 9.84 Å². The zero-order chi connectivity index (χ0) is 24.4. The minimum Gasteiger partial charge on any atom is -0.322 e. The van der Waals surface area contributed by atoms with Gasteiger partial charge in [0.25, 0.3) is 5.91 Å². The van der Waals surface area contributed by atoms with Crippen LogP contribution in [-0.4, -0.2) is 44.1 Å². The molecule has 0 aliphatic carbocycles. The van der Waals surface area contributed by atoms with Crippen molar-refractivity contribution in [1.29, 1.82) is 0 Å². The van der Waals surface area contributed by atoms with Crippen LogP contribution in [0.5, 0.6) is 0 Å². The fourth-order valence-electron chi connectivity index (χ4n) is 5.72. The van der Waals surface area contributed by atoms with Crippen LogP contribution >= 0.6 is 11.3 Å². The summed E-state index contributed by atoms with van der Waals surface area (Å²) in [5.74, 6) is 0.344. The fourth-order valence-corrected chi connectivity index (χ4v) is 8.10. The molecule has 5 rings (SSSR count). The summed E-state index contributed by atoms with van der Waals surface area (Å²) in [4.78, 5) is 15.9. The lowest BCUT2D eigenvalue weighted by molar-refractivity contribution is 0.102. The van der Waals surface area contributed by atoms with Crippen molar-refractivity contribution in [1.82, 2.24) is 4.90 Å². The fraction of sp³-hybridized carbons (Fsp3) is 0.464. The van der Waals surface area contributed by atoms with Crippen LogP contribution in [0, 0.1) is 0 Å². The Kier molecular flexibility index (Phi) is 7.28. The van der Waals surface area contributed by atoms with Gasteiger partial charge in [-0.3, -0.25) is 4.79 Å². The van der Waals surface area contributed by atoms with Gasteiger partial charge in [-0.05, 0) is 110 Å². The van der Waals surface area contributed by atoms with Crippen LogP contribution in [-0.2, 0) is 9.84 Å². The van der Waals surface area contributed by atoms with Crippen molar-refractivity contribution in [2.24, 2.45) is 0 Å². The van der Waals surface area contributed by atoms with E-state index in [1.165, 1.54) is 73.3 Å². The van der Waals surface area contributed by atoms with Crippen LogP contribution in [0.25, 0.3) is 10.1 Å². The summed E-state index contributed by atoms with van der Waals surface area (Å²) in [6.45, 7) is 4.27. The molecule has 7 heteroatoms. The third-order valence-corrected chi connectivity index (χ3v) is 10.5. The highest BCUT2D eigenvalue weighted by Gasteiger charge is 2.28. The third-order valence-electron chi connectivity index (χ3n) is 7.59. The van der Waals surface area contributed by atoms with Crippen molar-refractivity contribution < 1.29 is 13.2 Å². The number of carbonyl (C=O) groups excluding carboxylic acids is 1. The van der Waals surface area contributed by atoms with Crippen LogP contribution in [0.15, 0.2) is 52.7 Å². The van der Waals surface area contributed by atoms with Gasteiger partial charge in [-0.2, -0.15) is 0 Å². The first-order valence-electron chi connectivity index (χ1n) is 12.8. The minimum atomic E-state index is -3.37. The number of nitrogens with one attached hydrogen (secondary N) is 1. The molecule has 1 N–H and O–H groups in total. The Morgan fingerprint density at radius 2 is 1.94 bits per heavy atom. The predicted molar refractivity (Wildman–Crippen MR) is 144 cm³/mol. The number of rotatable bonds is 6. The Morgan fingerprint density at radius 3 is 2.80 bits per heavy atom. The molecule has 2 fully saturated rings. The summed E-state index contributed by atoms with van der Waals surface area (Å²) in [7, 11) is -3.37. The second-order valence-corrected chi connectivity index (χ2v) is 13.0. The molecule has 0 radical (unpaired) electrons. The Morgan fingerprint density at radius 1 is 1.06 bits per heavy atom. The van der Waals surface area contributed by atoms with Crippen molar-refractivity contribution >= 4 is 42.9 Å². The maximum Gasteiger partial charge on any atom is 0.255 e. The highest BCUT2D eigenvalue weighted by atomic mass is 32.2. The van der Waals surface area contributed by atoms with E-state index in [9.17, 15) is 13.2 Å². The Hall–Kier alpha value is -2.22. The summed E-state index contributed by atoms with van der Waals surface area (Å²) in [6, 6.07) is 13.2. The number of hydrogen-bond acceptors (Lipinski definition) is 5. The maximum absolute atomic E-state index is 13.0. The molecule has 2 aliphatic rings. The molecule has 2 saturated heterocycles. The van der Waals surface area contributed by atoms with E-state index in [0.717, 1.165) is 11.7 Å². The van der Waals surface area contributed by atoms with Crippen molar-refractivity contribution in [2.45, 2.75) is 68.7 Å². The molecule has 1 aromatic heterocycles. The van der Waals surface area contributed by atoms with Crippen molar-refractivity contribution in [3.8, 4) is 0 Å². The van der Waals surface area contributed by atoms with E-state index in [1.54, 1.807) is 29.5 Å². The van der Waals surface area contributed by atoms with Crippen molar-refractivity contribution in [3.63, 3.8) is 0 Å². The molecule has 0 saturated carbocycles. The molecule has 5 nitrogen and oxygen atoms in total. The van der Waals surface area contributed by atoms with Gasteiger partial charge >= 0.3 is 0 Å². The molecule has 186 valence electrons. The summed E-state index contributed by atoms with van der Waals surface area (Å²) in [5.41, 5.74) is 2.51. The quantitative estimate of drug-likeness (QED) is 0.413. The smallest absolute Gasteiger partial charge is 0.255 e. The van der Waals surface area contributed by atoms with Gasteiger partial charge in [0.05, 0.1) is 10.6 Å². The van der Waals surface area contributed by atoms with E-state index in [2.05, 4.69) is 27.7 Å². The first kappa shape index (κ1) is 24.5. The first-order valence-corrected chi connectivity index (χ1v) is 15.4. The second kappa shape index (κ2) is 10.4. The number of benzene rings is 2. The van der Waals surface area contributed by atoms with E-state index in [4.69, 9.17) is 0 Å². The van der Waals surface area contributed by atoms with Gasteiger partial charge in [0.2, 0.25) is 0 Å². The van der Waals surface area contributed by atoms with Crippen LogP contribution in [0.4, 0.5) is 5.69 Å². The first-order chi connectivity index (χ1) is 16.9.